The molecule has 3 aliphatic rings. The zero-order valence-corrected chi connectivity index (χ0v) is 18.7. The van der Waals surface area contributed by atoms with Gasteiger partial charge in [0.1, 0.15) is 11.3 Å². The molecule has 7 nitrogen and oxygen atoms in total. The maximum Gasteiger partial charge on any atom is 0.250 e. The highest BCUT2D eigenvalue weighted by atomic mass is 35.5. The first-order valence-corrected chi connectivity index (χ1v) is 11.0. The Bertz CT molecular complexity index is 1160. The number of nitrogens with one attached hydrogen (secondary N) is 2. The lowest BCUT2D eigenvalue weighted by Gasteiger charge is -2.34. The third-order valence-corrected chi connectivity index (χ3v) is 7.08. The minimum atomic E-state index is -1.38. The van der Waals surface area contributed by atoms with Crippen molar-refractivity contribution in [3.8, 4) is 5.75 Å². The molecule has 8 heteroatoms. The summed E-state index contributed by atoms with van der Waals surface area (Å²) >= 11 is 6.36. The van der Waals surface area contributed by atoms with Crippen molar-refractivity contribution in [2.24, 2.45) is 11.8 Å². The number of halogens is 1. The summed E-state index contributed by atoms with van der Waals surface area (Å²) in [5, 5.41) is 16.2. The number of para-hydroxylation sites is 1. The summed E-state index contributed by atoms with van der Waals surface area (Å²) in [5.74, 6) is -2.43. The molecular weight excluding hydrogens is 430 g/mol. The van der Waals surface area contributed by atoms with Crippen LogP contribution in [0.5, 0.6) is 5.75 Å². The van der Waals surface area contributed by atoms with E-state index in [9.17, 15) is 19.5 Å². The van der Waals surface area contributed by atoms with Gasteiger partial charge in [-0.2, -0.15) is 0 Å². The van der Waals surface area contributed by atoms with Crippen LogP contribution in [0, 0.1) is 11.8 Å². The van der Waals surface area contributed by atoms with Gasteiger partial charge in [0.05, 0.1) is 22.5 Å². The van der Waals surface area contributed by atoms with E-state index in [1.165, 1.54) is 4.90 Å². The van der Waals surface area contributed by atoms with Gasteiger partial charge in [0, 0.05) is 17.1 Å². The van der Waals surface area contributed by atoms with Gasteiger partial charge in [0.2, 0.25) is 17.7 Å². The number of aromatic hydroxyl groups is 1. The van der Waals surface area contributed by atoms with Crippen LogP contribution in [-0.2, 0) is 26.3 Å². The molecule has 32 heavy (non-hydrogen) atoms. The first-order valence-electron chi connectivity index (χ1n) is 10.6. The smallest absolute Gasteiger partial charge is 0.250 e. The molecule has 0 aliphatic carbocycles. The van der Waals surface area contributed by atoms with E-state index in [0.717, 1.165) is 5.56 Å². The highest BCUT2D eigenvalue weighted by Crippen LogP contribution is 2.55. The highest BCUT2D eigenvalue weighted by Gasteiger charge is 2.71. The molecule has 0 saturated carbocycles. The summed E-state index contributed by atoms with van der Waals surface area (Å²) in [5.41, 5.74) is -0.135. The SMILES string of the molecule is CC(C)(C)N1C(=O)[C@@H]2C(Cc3ccc(O)cc3)NC3(C(=O)Nc4c(Cl)cccc43)[C@@H]2C1=O. The van der Waals surface area contributed by atoms with Crippen LogP contribution < -0.4 is 10.6 Å². The molecule has 3 amide bonds. The molecule has 2 fully saturated rings. The molecule has 1 spiro atoms. The molecule has 0 aromatic heterocycles. The first kappa shape index (κ1) is 21.0. The zero-order valence-electron chi connectivity index (χ0n) is 18.0. The van der Waals surface area contributed by atoms with Crippen molar-refractivity contribution in [3.63, 3.8) is 0 Å². The van der Waals surface area contributed by atoms with Gasteiger partial charge in [0.25, 0.3) is 0 Å². The van der Waals surface area contributed by atoms with Crippen molar-refractivity contribution < 1.29 is 19.5 Å². The molecule has 3 aliphatic heterocycles. The van der Waals surface area contributed by atoms with E-state index in [1.54, 1.807) is 42.5 Å². The summed E-state index contributed by atoms with van der Waals surface area (Å²) in [6.07, 6.45) is 0.420. The second-order valence-corrected chi connectivity index (χ2v) is 10.1. The largest absolute Gasteiger partial charge is 0.508 e. The Morgan fingerprint density at radius 2 is 1.75 bits per heavy atom. The number of amides is 3. The van der Waals surface area contributed by atoms with Gasteiger partial charge in [-0.05, 0) is 51.0 Å². The van der Waals surface area contributed by atoms with Crippen molar-refractivity contribution in [2.45, 2.75) is 44.3 Å². The predicted octanol–water partition coefficient (Wildman–Crippen LogP) is 2.81. The van der Waals surface area contributed by atoms with Gasteiger partial charge >= 0.3 is 0 Å². The minimum Gasteiger partial charge on any atom is -0.508 e. The fourth-order valence-electron chi connectivity index (χ4n) is 5.52. The van der Waals surface area contributed by atoms with Gasteiger partial charge in [-0.3, -0.25) is 24.6 Å². The van der Waals surface area contributed by atoms with Crippen LogP contribution in [0.3, 0.4) is 0 Å². The Balaban J connectivity index is 1.66. The molecule has 3 N–H and O–H groups in total. The monoisotopic (exact) mass is 453 g/mol. The molecule has 3 heterocycles. The van der Waals surface area contributed by atoms with E-state index in [-0.39, 0.29) is 23.5 Å². The van der Waals surface area contributed by atoms with Gasteiger partial charge in [-0.15, -0.1) is 0 Å². The Morgan fingerprint density at radius 1 is 1.06 bits per heavy atom. The maximum atomic E-state index is 13.7. The third-order valence-electron chi connectivity index (χ3n) is 6.76. The quantitative estimate of drug-likeness (QED) is 0.607. The van der Waals surface area contributed by atoms with E-state index >= 15 is 0 Å². The average Bonchev–Trinajstić information content (AvgIpc) is 3.29. The topological polar surface area (TPSA) is 98.7 Å². The Hall–Kier alpha value is -2.90. The summed E-state index contributed by atoms with van der Waals surface area (Å²) in [6.45, 7) is 5.45. The Morgan fingerprint density at radius 3 is 2.41 bits per heavy atom. The van der Waals surface area contributed by atoms with Crippen LogP contribution in [0.15, 0.2) is 42.5 Å². The molecule has 0 bridgehead atoms. The summed E-state index contributed by atoms with van der Waals surface area (Å²) < 4.78 is 0. The molecule has 2 aromatic carbocycles. The van der Waals surface area contributed by atoms with E-state index in [0.29, 0.717) is 22.7 Å². The van der Waals surface area contributed by atoms with Crippen LogP contribution in [0.25, 0.3) is 0 Å². The zero-order chi connectivity index (χ0) is 23.0. The number of phenolic OH excluding ortho intramolecular Hbond substituents is 1. The Kier molecular flexibility index (Phi) is 4.45. The highest BCUT2D eigenvalue weighted by molar-refractivity contribution is 6.35. The number of rotatable bonds is 2. The van der Waals surface area contributed by atoms with Crippen LogP contribution in [0.2, 0.25) is 5.02 Å². The average molecular weight is 454 g/mol. The van der Waals surface area contributed by atoms with Crippen molar-refractivity contribution in [3.05, 3.63) is 58.6 Å². The van der Waals surface area contributed by atoms with Gasteiger partial charge in [-0.25, -0.2) is 0 Å². The number of carbonyl (C=O) groups excluding carboxylic acids is 3. The molecule has 2 saturated heterocycles. The van der Waals surface area contributed by atoms with Crippen LogP contribution in [0.4, 0.5) is 5.69 Å². The predicted molar refractivity (Wildman–Crippen MR) is 119 cm³/mol. The number of imide groups is 1. The number of hydrogen-bond donors (Lipinski definition) is 3. The summed E-state index contributed by atoms with van der Waals surface area (Å²) in [7, 11) is 0. The number of benzene rings is 2. The fourth-order valence-corrected chi connectivity index (χ4v) is 5.74. The summed E-state index contributed by atoms with van der Waals surface area (Å²) in [4.78, 5) is 42.1. The lowest BCUT2D eigenvalue weighted by molar-refractivity contribution is -0.147. The van der Waals surface area contributed by atoms with Crippen LogP contribution >= 0.6 is 11.6 Å². The van der Waals surface area contributed by atoms with Gasteiger partial charge < -0.3 is 10.4 Å². The second-order valence-electron chi connectivity index (χ2n) is 9.73. The van der Waals surface area contributed by atoms with Gasteiger partial charge in [-0.1, -0.05) is 35.9 Å². The first-order chi connectivity index (χ1) is 15.1. The van der Waals surface area contributed by atoms with E-state index in [2.05, 4.69) is 10.6 Å². The third kappa shape index (κ3) is 2.74. The number of hydrogen-bond acceptors (Lipinski definition) is 5. The normalized spacial score (nSPS) is 28.9. The maximum absolute atomic E-state index is 13.7. The van der Waals surface area contributed by atoms with Crippen molar-refractivity contribution in [1.82, 2.24) is 10.2 Å². The lowest BCUT2D eigenvalue weighted by atomic mass is 9.76. The van der Waals surface area contributed by atoms with Crippen LogP contribution in [-0.4, -0.2) is 39.3 Å². The van der Waals surface area contributed by atoms with Gasteiger partial charge in [0.15, 0.2) is 0 Å². The lowest BCUT2D eigenvalue weighted by Crippen LogP contribution is -2.56. The van der Waals surface area contributed by atoms with Crippen molar-refractivity contribution in [2.75, 3.05) is 5.32 Å². The Labute approximate surface area is 190 Å². The number of anilines is 1. The number of nitrogens with zero attached hydrogens (tertiary/aromatic N) is 1. The standard InChI is InChI=1S/C24H24ClN3O4/c1-23(2,3)28-20(30)17-16(11-12-7-9-13(29)10-8-12)27-24(18(17)21(28)31)14-5-4-6-15(25)19(14)26-22(24)32/h4-10,16-18,27,29H,11H2,1-3H3,(H,26,32)/t16?,17-,18+,24?/m1/s1. The molecule has 4 atom stereocenters. The molecule has 166 valence electrons. The minimum absolute atomic E-state index is 0.146. The molecular formula is C24H24ClN3O4. The second kappa shape index (κ2) is 6.80. The fraction of sp³-hybridized carbons (Fsp3) is 0.375. The molecule has 2 unspecified atom stereocenters. The van der Waals surface area contributed by atoms with Crippen LogP contribution in [0.1, 0.15) is 31.9 Å². The van der Waals surface area contributed by atoms with E-state index in [4.69, 9.17) is 11.6 Å². The van der Waals surface area contributed by atoms with E-state index < -0.39 is 29.0 Å². The number of fused-ring (bicyclic) bond motifs is 4. The van der Waals surface area contributed by atoms with Crippen molar-refractivity contribution in [1.29, 1.82) is 0 Å². The van der Waals surface area contributed by atoms with Crippen molar-refractivity contribution >= 4 is 35.0 Å². The van der Waals surface area contributed by atoms with E-state index in [1.807, 2.05) is 20.8 Å². The molecule has 2 aromatic rings. The number of phenols is 1. The number of carbonyl (C=O) groups is 3. The number of likely N-dealkylation sites (tertiary alicyclic amines) is 1. The summed E-state index contributed by atoms with van der Waals surface area (Å²) in [6, 6.07) is 11.5. The molecule has 5 rings (SSSR count). The molecule has 0 radical (unpaired) electrons.